The summed E-state index contributed by atoms with van der Waals surface area (Å²) >= 11 is 3.56. The predicted molar refractivity (Wildman–Crippen MR) is 83.5 cm³/mol. The Morgan fingerprint density at radius 2 is 2.06 bits per heavy atom. The monoisotopic (exact) mass is 310 g/mol. The van der Waals surface area contributed by atoms with Gasteiger partial charge in [0.2, 0.25) is 0 Å². The number of nitrogens with one attached hydrogen (secondary N) is 1. The summed E-state index contributed by atoms with van der Waals surface area (Å²) < 4.78 is 1.13. The standard InChI is InChI=1S/C15H23BrN2/c1-15(2)9-5-6-14(15)17-12-10-11(16)7-8-13(12)18(3)4/h7-8,10,14,17H,5-6,9H2,1-4H3. The zero-order chi connectivity index (χ0) is 13.3. The fourth-order valence-electron chi connectivity index (χ4n) is 2.80. The van der Waals surface area contributed by atoms with E-state index in [9.17, 15) is 0 Å². The molecule has 1 unspecified atom stereocenters. The van der Waals surface area contributed by atoms with Crippen molar-refractivity contribution in [3.05, 3.63) is 22.7 Å². The summed E-state index contributed by atoms with van der Waals surface area (Å²) in [5, 5.41) is 3.75. The number of nitrogens with zero attached hydrogens (tertiary/aromatic N) is 1. The van der Waals surface area contributed by atoms with Crippen molar-refractivity contribution in [3.63, 3.8) is 0 Å². The highest BCUT2D eigenvalue weighted by atomic mass is 79.9. The third kappa shape index (κ3) is 2.82. The second-order valence-corrected chi connectivity index (χ2v) is 7.05. The molecule has 0 radical (unpaired) electrons. The van der Waals surface area contributed by atoms with Gasteiger partial charge in [0.15, 0.2) is 0 Å². The van der Waals surface area contributed by atoms with E-state index in [0.29, 0.717) is 11.5 Å². The summed E-state index contributed by atoms with van der Waals surface area (Å²) in [7, 11) is 4.18. The van der Waals surface area contributed by atoms with E-state index in [0.717, 1.165) is 4.47 Å². The van der Waals surface area contributed by atoms with Crippen LogP contribution in [0.25, 0.3) is 0 Å². The van der Waals surface area contributed by atoms with Crippen LogP contribution in [0.3, 0.4) is 0 Å². The van der Waals surface area contributed by atoms with Crippen LogP contribution in [0.1, 0.15) is 33.1 Å². The van der Waals surface area contributed by atoms with E-state index in [2.05, 4.69) is 72.3 Å². The summed E-state index contributed by atoms with van der Waals surface area (Å²) in [6.07, 6.45) is 3.91. The quantitative estimate of drug-likeness (QED) is 0.884. The van der Waals surface area contributed by atoms with Gasteiger partial charge in [-0.3, -0.25) is 0 Å². The smallest absolute Gasteiger partial charge is 0.0597 e. The van der Waals surface area contributed by atoms with Gasteiger partial charge in [-0.25, -0.2) is 0 Å². The molecule has 1 aromatic rings. The Bertz CT molecular complexity index is 427. The summed E-state index contributed by atoms with van der Waals surface area (Å²) in [5.41, 5.74) is 2.88. The Morgan fingerprint density at radius 1 is 1.33 bits per heavy atom. The molecule has 100 valence electrons. The first kappa shape index (κ1) is 13.7. The summed E-state index contributed by atoms with van der Waals surface area (Å²) in [5.74, 6) is 0. The van der Waals surface area contributed by atoms with E-state index in [1.54, 1.807) is 0 Å². The first-order valence-electron chi connectivity index (χ1n) is 6.63. The van der Waals surface area contributed by atoms with Crippen LogP contribution in [0.4, 0.5) is 11.4 Å². The van der Waals surface area contributed by atoms with Gasteiger partial charge in [-0.2, -0.15) is 0 Å². The highest BCUT2D eigenvalue weighted by Crippen LogP contribution is 2.40. The van der Waals surface area contributed by atoms with Gasteiger partial charge in [-0.1, -0.05) is 36.2 Å². The first-order chi connectivity index (χ1) is 8.40. The molecule has 0 amide bonds. The van der Waals surface area contributed by atoms with Crippen LogP contribution in [0.2, 0.25) is 0 Å². The third-order valence-corrected chi connectivity index (χ3v) is 4.52. The van der Waals surface area contributed by atoms with Crippen molar-refractivity contribution in [1.29, 1.82) is 0 Å². The molecule has 0 aliphatic heterocycles. The number of anilines is 2. The van der Waals surface area contributed by atoms with Gasteiger partial charge >= 0.3 is 0 Å². The number of rotatable bonds is 3. The van der Waals surface area contributed by atoms with Crippen molar-refractivity contribution in [3.8, 4) is 0 Å². The third-order valence-electron chi connectivity index (χ3n) is 4.03. The fourth-order valence-corrected chi connectivity index (χ4v) is 3.16. The van der Waals surface area contributed by atoms with Gasteiger partial charge in [0.05, 0.1) is 11.4 Å². The Labute approximate surface area is 119 Å². The van der Waals surface area contributed by atoms with Gasteiger partial charge in [-0.15, -0.1) is 0 Å². The molecular weight excluding hydrogens is 288 g/mol. The van der Waals surface area contributed by atoms with Crippen LogP contribution < -0.4 is 10.2 Å². The lowest BCUT2D eigenvalue weighted by Crippen LogP contribution is -2.31. The molecule has 1 aliphatic carbocycles. The molecule has 18 heavy (non-hydrogen) atoms. The van der Waals surface area contributed by atoms with Crippen molar-refractivity contribution >= 4 is 27.3 Å². The highest BCUT2D eigenvalue weighted by molar-refractivity contribution is 9.10. The van der Waals surface area contributed by atoms with E-state index in [1.165, 1.54) is 30.6 Å². The second-order valence-electron chi connectivity index (χ2n) is 6.13. The predicted octanol–water partition coefficient (Wildman–Crippen LogP) is 4.51. The van der Waals surface area contributed by atoms with E-state index in [-0.39, 0.29) is 0 Å². The average Bonchev–Trinajstić information content (AvgIpc) is 2.58. The number of hydrogen-bond acceptors (Lipinski definition) is 2. The normalized spacial score (nSPS) is 21.9. The first-order valence-corrected chi connectivity index (χ1v) is 7.43. The van der Waals surface area contributed by atoms with E-state index < -0.39 is 0 Å². The van der Waals surface area contributed by atoms with E-state index >= 15 is 0 Å². The van der Waals surface area contributed by atoms with Crippen LogP contribution in [0, 0.1) is 5.41 Å². The zero-order valence-corrected chi connectivity index (χ0v) is 13.3. The van der Waals surface area contributed by atoms with Crippen molar-refractivity contribution in [2.45, 2.75) is 39.2 Å². The molecule has 2 nitrogen and oxygen atoms in total. The Balaban J connectivity index is 2.25. The van der Waals surface area contributed by atoms with Crippen LogP contribution in [0.5, 0.6) is 0 Å². The molecular formula is C15H23BrN2. The number of hydrogen-bond donors (Lipinski definition) is 1. The molecule has 2 rings (SSSR count). The minimum atomic E-state index is 0.395. The van der Waals surface area contributed by atoms with Crippen LogP contribution in [0.15, 0.2) is 22.7 Å². The van der Waals surface area contributed by atoms with Crippen molar-refractivity contribution in [2.24, 2.45) is 5.41 Å². The van der Waals surface area contributed by atoms with Crippen LogP contribution in [-0.2, 0) is 0 Å². The Morgan fingerprint density at radius 3 is 2.61 bits per heavy atom. The molecule has 1 fully saturated rings. The van der Waals surface area contributed by atoms with E-state index in [4.69, 9.17) is 0 Å². The molecule has 0 heterocycles. The van der Waals surface area contributed by atoms with Crippen molar-refractivity contribution in [1.82, 2.24) is 0 Å². The number of benzene rings is 1. The SMILES string of the molecule is CN(C)c1ccc(Br)cc1NC1CCCC1(C)C. The lowest BCUT2D eigenvalue weighted by atomic mass is 9.87. The highest BCUT2D eigenvalue weighted by Gasteiger charge is 2.34. The molecule has 1 N–H and O–H groups in total. The second kappa shape index (κ2) is 5.12. The minimum Gasteiger partial charge on any atom is -0.380 e. The molecule has 1 atom stereocenters. The average molecular weight is 311 g/mol. The van der Waals surface area contributed by atoms with Crippen LogP contribution >= 0.6 is 15.9 Å². The summed E-state index contributed by atoms with van der Waals surface area (Å²) in [4.78, 5) is 2.16. The molecule has 3 heteroatoms. The minimum absolute atomic E-state index is 0.395. The van der Waals surface area contributed by atoms with Crippen molar-refractivity contribution in [2.75, 3.05) is 24.3 Å². The maximum absolute atomic E-state index is 3.75. The summed E-state index contributed by atoms with van der Waals surface area (Å²) in [6, 6.07) is 7.02. The largest absolute Gasteiger partial charge is 0.380 e. The Hall–Kier alpha value is -0.700. The maximum Gasteiger partial charge on any atom is 0.0597 e. The molecule has 0 saturated heterocycles. The maximum atomic E-state index is 3.75. The molecule has 1 aliphatic rings. The molecule has 0 spiro atoms. The fraction of sp³-hybridized carbons (Fsp3) is 0.600. The van der Waals surface area contributed by atoms with Crippen LogP contribution in [-0.4, -0.2) is 20.1 Å². The molecule has 1 aromatic carbocycles. The van der Waals surface area contributed by atoms with Gasteiger partial charge < -0.3 is 10.2 Å². The van der Waals surface area contributed by atoms with Gasteiger partial charge in [0.1, 0.15) is 0 Å². The van der Waals surface area contributed by atoms with E-state index in [1.807, 2.05) is 0 Å². The van der Waals surface area contributed by atoms with Crippen molar-refractivity contribution < 1.29 is 0 Å². The zero-order valence-electron chi connectivity index (χ0n) is 11.8. The topological polar surface area (TPSA) is 15.3 Å². The lowest BCUT2D eigenvalue weighted by Gasteiger charge is -2.30. The molecule has 0 aromatic heterocycles. The lowest BCUT2D eigenvalue weighted by molar-refractivity contribution is 0.350. The summed E-state index contributed by atoms with van der Waals surface area (Å²) in [6.45, 7) is 4.73. The number of halogens is 1. The Kier molecular flexibility index (Phi) is 3.90. The van der Waals surface area contributed by atoms with Gasteiger partial charge in [0.25, 0.3) is 0 Å². The van der Waals surface area contributed by atoms with Gasteiger partial charge in [0, 0.05) is 24.6 Å². The van der Waals surface area contributed by atoms with Gasteiger partial charge in [-0.05, 0) is 36.5 Å². The molecule has 1 saturated carbocycles. The molecule has 0 bridgehead atoms.